The Morgan fingerprint density at radius 2 is 1.79 bits per heavy atom. The number of aromatic nitrogens is 2. The van der Waals surface area contributed by atoms with Gasteiger partial charge in [-0.1, -0.05) is 12.1 Å². The lowest BCUT2D eigenvalue weighted by molar-refractivity contribution is -0.135. The first kappa shape index (κ1) is 28.1. The van der Waals surface area contributed by atoms with Gasteiger partial charge in [0.2, 0.25) is 11.8 Å². The van der Waals surface area contributed by atoms with Crippen molar-refractivity contribution < 1.29 is 29.0 Å². The number of carbonyl (C=O) groups is 4. The average Bonchev–Trinajstić information content (AvgIpc) is 3.69. The Kier molecular flexibility index (Phi) is 9.18. The topological polar surface area (TPSA) is 146 Å². The Balaban J connectivity index is 0.00000112. The van der Waals surface area contributed by atoms with E-state index in [9.17, 15) is 14.4 Å². The average molecular weight is 541 g/mol. The molecule has 210 valence electrons. The molecule has 1 aromatic carbocycles. The van der Waals surface area contributed by atoms with Gasteiger partial charge in [0, 0.05) is 44.4 Å². The number of fused-ring (bicyclic) bond motifs is 3. The van der Waals surface area contributed by atoms with Crippen molar-refractivity contribution in [3.05, 3.63) is 47.3 Å². The molecule has 5 rings (SSSR count). The van der Waals surface area contributed by atoms with Gasteiger partial charge in [-0.15, -0.1) is 0 Å². The molecule has 1 aromatic heterocycles. The molecule has 2 aromatic rings. The fourth-order valence-electron chi connectivity index (χ4n) is 5.47. The summed E-state index contributed by atoms with van der Waals surface area (Å²) in [6, 6.07) is 7.48. The van der Waals surface area contributed by atoms with Crippen LogP contribution in [0.1, 0.15) is 47.3 Å². The third-order valence-electron chi connectivity index (χ3n) is 7.78. The maximum atomic E-state index is 13.0. The zero-order valence-electron chi connectivity index (χ0n) is 22.2. The van der Waals surface area contributed by atoms with E-state index >= 15 is 0 Å². The summed E-state index contributed by atoms with van der Waals surface area (Å²) in [6.07, 6.45) is 4.13. The summed E-state index contributed by atoms with van der Waals surface area (Å²) in [7, 11) is 1.61. The number of piperidine rings is 1. The van der Waals surface area contributed by atoms with Crippen LogP contribution in [0.15, 0.2) is 30.5 Å². The number of carboxylic acid groups (broad SMARTS) is 1. The van der Waals surface area contributed by atoms with E-state index in [2.05, 4.69) is 20.6 Å². The van der Waals surface area contributed by atoms with Crippen LogP contribution < -0.4 is 15.4 Å². The first-order valence-corrected chi connectivity index (χ1v) is 13.2. The van der Waals surface area contributed by atoms with E-state index in [0.717, 1.165) is 49.5 Å². The van der Waals surface area contributed by atoms with Crippen LogP contribution in [0.5, 0.6) is 5.75 Å². The van der Waals surface area contributed by atoms with Gasteiger partial charge in [-0.2, -0.15) is 5.10 Å². The molecule has 3 amide bonds. The highest BCUT2D eigenvalue weighted by Gasteiger charge is 2.43. The van der Waals surface area contributed by atoms with E-state index in [-0.39, 0.29) is 42.5 Å². The van der Waals surface area contributed by atoms with E-state index < -0.39 is 0 Å². The molecule has 0 spiro atoms. The molecule has 2 fully saturated rings. The number of amides is 3. The SMILES string of the molecule is COc1ccc(CNC(=O)CCC(=O)N2CCn3ncc(C(=O)NCC45CCN(CC4)C5)c3C2)cc1.O=CO. The second-order valence-corrected chi connectivity index (χ2v) is 10.2. The number of nitrogens with one attached hydrogen (secondary N) is 2. The summed E-state index contributed by atoms with van der Waals surface area (Å²) < 4.78 is 6.95. The summed E-state index contributed by atoms with van der Waals surface area (Å²) in [5, 5.41) is 17.3. The van der Waals surface area contributed by atoms with E-state index in [1.54, 1.807) is 18.2 Å². The van der Waals surface area contributed by atoms with Crippen molar-refractivity contribution >= 4 is 24.2 Å². The predicted molar refractivity (Wildman–Crippen MR) is 141 cm³/mol. The van der Waals surface area contributed by atoms with E-state index in [4.69, 9.17) is 14.6 Å². The molecule has 12 nitrogen and oxygen atoms in total. The van der Waals surface area contributed by atoms with Gasteiger partial charge in [0.1, 0.15) is 5.75 Å². The fraction of sp³-hybridized carbons (Fsp3) is 0.519. The lowest BCUT2D eigenvalue weighted by atomic mass is 9.84. The molecule has 4 heterocycles. The van der Waals surface area contributed by atoms with E-state index in [0.29, 0.717) is 38.3 Å². The maximum absolute atomic E-state index is 13.0. The third-order valence-corrected chi connectivity index (χ3v) is 7.78. The smallest absolute Gasteiger partial charge is 0.290 e. The molecule has 12 heteroatoms. The van der Waals surface area contributed by atoms with E-state index in [1.807, 2.05) is 28.9 Å². The van der Waals surface area contributed by atoms with Gasteiger partial charge in [-0.3, -0.25) is 23.9 Å². The largest absolute Gasteiger partial charge is 0.497 e. The summed E-state index contributed by atoms with van der Waals surface area (Å²) in [4.78, 5) is 50.6. The molecule has 3 aliphatic heterocycles. The minimum Gasteiger partial charge on any atom is -0.497 e. The number of hydrogen-bond donors (Lipinski definition) is 3. The molecule has 0 atom stereocenters. The van der Waals surface area contributed by atoms with Gasteiger partial charge in [0.15, 0.2) is 0 Å². The number of methoxy groups -OCH3 is 1. The van der Waals surface area contributed by atoms with Crippen molar-refractivity contribution in [1.82, 2.24) is 30.2 Å². The van der Waals surface area contributed by atoms with Crippen molar-refractivity contribution in [2.24, 2.45) is 5.41 Å². The van der Waals surface area contributed by atoms with Gasteiger partial charge >= 0.3 is 0 Å². The third kappa shape index (κ3) is 6.94. The maximum Gasteiger partial charge on any atom is 0.290 e. The lowest BCUT2D eigenvalue weighted by Crippen LogP contribution is -2.41. The second-order valence-electron chi connectivity index (χ2n) is 10.2. The molecule has 0 radical (unpaired) electrons. The molecule has 3 N–H and O–H groups in total. The highest BCUT2D eigenvalue weighted by atomic mass is 16.5. The van der Waals surface area contributed by atoms with Gasteiger partial charge < -0.3 is 30.3 Å². The molecule has 2 saturated heterocycles. The molecule has 0 saturated carbocycles. The van der Waals surface area contributed by atoms with Crippen LogP contribution in [0.3, 0.4) is 0 Å². The quantitative estimate of drug-likeness (QED) is 0.397. The van der Waals surface area contributed by atoms with Crippen LogP contribution in [-0.4, -0.2) is 88.7 Å². The minimum atomic E-state index is -0.250. The molecular weight excluding hydrogens is 504 g/mol. The van der Waals surface area contributed by atoms with Crippen LogP contribution >= 0.6 is 0 Å². The summed E-state index contributed by atoms with van der Waals surface area (Å²) in [6.45, 7) is 5.52. The number of nitrogens with zero attached hydrogens (tertiary/aromatic N) is 4. The second kappa shape index (κ2) is 12.7. The Morgan fingerprint density at radius 1 is 1.08 bits per heavy atom. The summed E-state index contributed by atoms with van der Waals surface area (Å²) >= 11 is 0. The van der Waals surface area contributed by atoms with Gasteiger partial charge in [0.25, 0.3) is 12.4 Å². The standard InChI is InChI=1S/C26H34N6O4.CH2O2/c1-36-20-4-2-19(3-5-20)14-27-23(33)6-7-24(34)31-12-13-32-22(16-31)21(15-29-32)25(35)28-17-26-8-10-30(18-26)11-9-26;2-1-3/h2-5,15H,6-14,16-18H2,1H3,(H,27,33)(H,28,35);1H,(H,2,3). The van der Waals surface area contributed by atoms with Crippen molar-refractivity contribution in [3.63, 3.8) is 0 Å². The van der Waals surface area contributed by atoms with Crippen molar-refractivity contribution in [2.45, 2.75) is 45.3 Å². The van der Waals surface area contributed by atoms with Gasteiger partial charge in [-0.25, -0.2) is 0 Å². The molecule has 39 heavy (non-hydrogen) atoms. The lowest BCUT2D eigenvalue weighted by Gasteiger charge is -2.29. The van der Waals surface area contributed by atoms with Crippen LogP contribution in [-0.2, 0) is 34.0 Å². The number of rotatable bonds is 9. The zero-order valence-corrected chi connectivity index (χ0v) is 22.2. The first-order valence-electron chi connectivity index (χ1n) is 13.2. The minimum absolute atomic E-state index is 0.0932. The van der Waals surface area contributed by atoms with E-state index in [1.165, 1.54) is 0 Å². The van der Waals surface area contributed by atoms with Crippen molar-refractivity contribution in [3.8, 4) is 5.75 Å². The van der Waals surface area contributed by atoms with Crippen LogP contribution in [0, 0.1) is 5.41 Å². The van der Waals surface area contributed by atoms with Gasteiger partial charge in [0.05, 0.1) is 37.7 Å². The van der Waals surface area contributed by atoms with Crippen molar-refractivity contribution in [2.75, 3.05) is 39.8 Å². The monoisotopic (exact) mass is 540 g/mol. The number of hydrogen-bond acceptors (Lipinski definition) is 7. The van der Waals surface area contributed by atoms with Crippen molar-refractivity contribution in [1.29, 1.82) is 0 Å². The summed E-state index contributed by atoms with van der Waals surface area (Å²) in [5.41, 5.74) is 2.46. The normalized spacial score (nSPS) is 20.8. The van der Waals surface area contributed by atoms with Crippen LogP contribution in [0.2, 0.25) is 0 Å². The van der Waals surface area contributed by atoms with Crippen LogP contribution in [0.25, 0.3) is 0 Å². The zero-order chi connectivity index (χ0) is 27.8. The predicted octanol–water partition coefficient (Wildman–Crippen LogP) is 0.857. The fourth-order valence-corrected chi connectivity index (χ4v) is 5.47. The Hall–Kier alpha value is -3.93. The molecular formula is C27H36N6O6. The van der Waals surface area contributed by atoms with Crippen LogP contribution in [0.4, 0.5) is 0 Å². The Labute approximate surface area is 227 Å². The highest BCUT2D eigenvalue weighted by molar-refractivity contribution is 5.95. The molecule has 0 unspecified atom stereocenters. The summed E-state index contributed by atoms with van der Waals surface area (Å²) in [5.74, 6) is 0.378. The van der Waals surface area contributed by atoms with Gasteiger partial charge in [-0.05, 0) is 43.6 Å². The molecule has 3 aliphatic rings. The molecule has 2 bridgehead atoms. The molecule has 0 aliphatic carbocycles. The highest BCUT2D eigenvalue weighted by Crippen LogP contribution is 2.39. The first-order chi connectivity index (χ1) is 18.9. The Bertz CT molecular complexity index is 1170. The number of carbonyl (C=O) groups excluding carboxylic acids is 3. The number of ether oxygens (including phenoxy) is 1. The Morgan fingerprint density at radius 3 is 2.44 bits per heavy atom. The number of benzene rings is 1.